The fourth-order valence-electron chi connectivity index (χ4n) is 2.95. The Morgan fingerprint density at radius 2 is 2.24 bits per heavy atom. The van der Waals surface area contributed by atoms with E-state index in [4.69, 9.17) is 9.47 Å². The average molecular weight is 286 g/mol. The monoisotopic (exact) mass is 286 g/mol. The quantitative estimate of drug-likeness (QED) is 0.619. The number of ether oxygens (including phenoxy) is 2. The van der Waals surface area contributed by atoms with Crippen LogP contribution in [0.3, 0.4) is 0 Å². The van der Waals surface area contributed by atoms with Crippen LogP contribution in [0, 0.1) is 5.92 Å². The summed E-state index contributed by atoms with van der Waals surface area (Å²) < 4.78 is 10.1. The summed E-state index contributed by atoms with van der Waals surface area (Å²) in [6, 6.07) is 5.17. The Bertz CT molecular complexity index is 609. The number of aryl methyl sites for hydroxylation is 1. The van der Waals surface area contributed by atoms with Gasteiger partial charge in [0.25, 0.3) is 0 Å². The van der Waals surface area contributed by atoms with Crippen LogP contribution in [-0.4, -0.2) is 32.1 Å². The number of methoxy groups -OCH3 is 1. The van der Waals surface area contributed by atoms with Crippen LogP contribution >= 0.6 is 0 Å². The number of benzene rings is 1. The first-order chi connectivity index (χ1) is 10.2. The van der Waals surface area contributed by atoms with Crippen molar-refractivity contribution < 1.29 is 19.1 Å². The van der Waals surface area contributed by atoms with Gasteiger partial charge in [0.15, 0.2) is 5.78 Å². The molecule has 1 unspecified atom stereocenters. The highest BCUT2D eigenvalue weighted by Gasteiger charge is 2.25. The van der Waals surface area contributed by atoms with Crippen LogP contribution in [0.5, 0.6) is 0 Å². The van der Waals surface area contributed by atoms with Crippen molar-refractivity contribution in [3.05, 3.63) is 46.5 Å². The molecule has 1 aromatic carbocycles. The molecule has 21 heavy (non-hydrogen) atoms. The van der Waals surface area contributed by atoms with Gasteiger partial charge in [-0.05, 0) is 48.6 Å². The third-order valence-corrected chi connectivity index (χ3v) is 4.13. The number of Topliss-reactive ketones (excluding diaryl/α,β-unsaturated/α-hetero) is 1. The molecule has 0 amide bonds. The molecule has 1 aliphatic heterocycles. The highest BCUT2D eigenvalue weighted by atomic mass is 16.5. The molecule has 1 atom stereocenters. The molecule has 0 N–H and O–H groups in total. The van der Waals surface area contributed by atoms with E-state index in [0.717, 1.165) is 37.0 Å². The van der Waals surface area contributed by atoms with Crippen molar-refractivity contribution in [3.8, 4) is 0 Å². The summed E-state index contributed by atoms with van der Waals surface area (Å²) >= 11 is 0. The number of fused-ring (bicyclic) bond motifs is 1. The molecule has 1 aliphatic carbocycles. The molecule has 4 nitrogen and oxygen atoms in total. The predicted octanol–water partition coefficient (Wildman–Crippen LogP) is 2.57. The lowest BCUT2D eigenvalue weighted by Gasteiger charge is -2.19. The van der Waals surface area contributed by atoms with E-state index in [9.17, 15) is 9.59 Å². The summed E-state index contributed by atoms with van der Waals surface area (Å²) in [7, 11) is 1.36. The summed E-state index contributed by atoms with van der Waals surface area (Å²) in [6.45, 7) is 1.49. The number of carbonyl (C=O) groups excluding carboxylic acids is 2. The van der Waals surface area contributed by atoms with Gasteiger partial charge in [0.1, 0.15) is 0 Å². The van der Waals surface area contributed by atoms with Crippen molar-refractivity contribution in [2.24, 2.45) is 5.92 Å². The van der Waals surface area contributed by atoms with E-state index in [2.05, 4.69) is 6.08 Å². The average Bonchev–Trinajstić information content (AvgIpc) is 3.02. The van der Waals surface area contributed by atoms with E-state index in [0.29, 0.717) is 23.7 Å². The van der Waals surface area contributed by atoms with E-state index in [1.807, 2.05) is 0 Å². The number of rotatable bonds is 2. The minimum absolute atomic E-state index is 0.0829. The zero-order valence-corrected chi connectivity index (χ0v) is 12.1. The van der Waals surface area contributed by atoms with Crippen LogP contribution < -0.4 is 0 Å². The minimum Gasteiger partial charge on any atom is -0.465 e. The molecule has 0 bridgehead atoms. The maximum absolute atomic E-state index is 12.5. The van der Waals surface area contributed by atoms with Crippen molar-refractivity contribution in [1.29, 1.82) is 0 Å². The largest absolute Gasteiger partial charge is 0.465 e. The Morgan fingerprint density at radius 1 is 1.38 bits per heavy atom. The van der Waals surface area contributed by atoms with Crippen LogP contribution in [0.4, 0.5) is 0 Å². The zero-order chi connectivity index (χ0) is 14.8. The predicted molar refractivity (Wildman–Crippen MR) is 77.4 cm³/mol. The van der Waals surface area contributed by atoms with E-state index < -0.39 is 0 Å². The normalized spacial score (nSPS) is 23.2. The standard InChI is InChI=1S/C17H18O4/c1-20-17(19)14-4-5-15-12(9-14)2-3-13(16(15)18)8-11-6-7-21-10-11/h4-5,8-9,11H,2-3,6-7,10H2,1H3/b13-8+. The molecule has 2 aliphatic rings. The van der Waals surface area contributed by atoms with Gasteiger partial charge in [0.2, 0.25) is 0 Å². The molecule has 0 aromatic heterocycles. The highest BCUT2D eigenvalue weighted by Crippen LogP contribution is 2.28. The van der Waals surface area contributed by atoms with Gasteiger partial charge >= 0.3 is 5.97 Å². The first-order valence-electron chi connectivity index (χ1n) is 7.23. The van der Waals surface area contributed by atoms with Gasteiger partial charge in [0, 0.05) is 18.1 Å². The van der Waals surface area contributed by atoms with Crippen LogP contribution in [0.25, 0.3) is 0 Å². The molecule has 3 rings (SSSR count). The Balaban J connectivity index is 1.86. The van der Waals surface area contributed by atoms with Gasteiger partial charge in [-0.1, -0.05) is 6.08 Å². The second kappa shape index (κ2) is 5.82. The lowest BCUT2D eigenvalue weighted by atomic mass is 9.84. The van der Waals surface area contributed by atoms with Gasteiger partial charge in [-0.3, -0.25) is 4.79 Å². The number of hydrogen-bond acceptors (Lipinski definition) is 4. The summed E-state index contributed by atoms with van der Waals surface area (Å²) in [4.78, 5) is 24.1. The molecule has 1 saturated heterocycles. The molecule has 1 heterocycles. The molecule has 0 saturated carbocycles. The van der Waals surface area contributed by atoms with E-state index in [-0.39, 0.29) is 11.8 Å². The summed E-state index contributed by atoms with van der Waals surface area (Å²) in [6.07, 6.45) is 4.58. The van der Waals surface area contributed by atoms with Crippen molar-refractivity contribution in [3.63, 3.8) is 0 Å². The van der Waals surface area contributed by atoms with Crippen molar-refractivity contribution in [2.45, 2.75) is 19.3 Å². The molecule has 1 fully saturated rings. The van der Waals surface area contributed by atoms with Gasteiger partial charge in [0.05, 0.1) is 19.3 Å². The summed E-state index contributed by atoms with van der Waals surface area (Å²) in [5, 5.41) is 0. The Hall–Kier alpha value is -1.94. The first kappa shape index (κ1) is 14.0. The second-order valence-corrected chi connectivity index (χ2v) is 5.51. The van der Waals surface area contributed by atoms with E-state index >= 15 is 0 Å². The highest BCUT2D eigenvalue weighted by molar-refractivity contribution is 6.11. The molecule has 0 spiro atoms. The van der Waals surface area contributed by atoms with Crippen molar-refractivity contribution >= 4 is 11.8 Å². The number of allylic oxidation sites excluding steroid dienone is 1. The Labute approximate surface area is 123 Å². The second-order valence-electron chi connectivity index (χ2n) is 5.51. The lowest BCUT2D eigenvalue weighted by molar-refractivity contribution is 0.0600. The summed E-state index contributed by atoms with van der Waals surface area (Å²) in [5.74, 6) is 0.0779. The molecular formula is C17H18O4. The van der Waals surface area contributed by atoms with Gasteiger partial charge in [-0.15, -0.1) is 0 Å². The number of ketones is 1. The topological polar surface area (TPSA) is 52.6 Å². The van der Waals surface area contributed by atoms with Crippen LogP contribution in [0.1, 0.15) is 39.1 Å². The fraction of sp³-hybridized carbons (Fsp3) is 0.412. The van der Waals surface area contributed by atoms with Gasteiger partial charge in [-0.25, -0.2) is 4.79 Å². The minimum atomic E-state index is -0.366. The van der Waals surface area contributed by atoms with Crippen LogP contribution in [0.15, 0.2) is 29.8 Å². The van der Waals surface area contributed by atoms with Crippen LogP contribution in [0.2, 0.25) is 0 Å². The Morgan fingerprint density at radius 3 is 2.95 bits per heavy atom. The number of esters is 1. The maximum Gasteiger partial charge on any atom is 0.337 e. The SMILES string of the molecule is COC(=O)c1ccc2c(c1)CC/C(=C\C1CCOC1)C2=O. The van der Waals surface area contributed by atoms with Crippen LogP contribution in [-0.2, 0) is 15.9 Å². The van der Waals surface area contributed by atoms with E-state index in [1.165, 1.54) is 7.11 Å². The molecular weight excluding hydrogens is 268 g/mol. The third-order valence-electron chi connectivity index (χ3n) is 4.13. The fourth-order valence-corrected chi connectivity index (χ4v) is 2.95. The smallest absolute Gasteiger partial charge is 0.337 e. The first-order valence-corrected chi connectivity index (χ1v) is 7.23. The number of hydrogen-bond donors (Lipinski definition) is 0. The molecule has 0 radical (unpaired) electrons. The molecule has 4 heteroatoms. The summed E-state index contributed by atoms with van der Waals surface area (Å²) in [5.41, 5.74) is 3.02. The van der Waals surface area contributed by atoms with E-state index in [1.54, 1.807) is 18.2 Å². The number of carbonyl (C=O) groups is 2. The van der Waals surface area contributed by atoms with Gasteiger partial charge < -0.3 is 9.47 Å². The zero-order valence-electron chi connectivity index (χ0n) is 12.1. The van der Waals surface area contributed by atoms with Crippen molar-refractivity contribution in [2.75, 3.05) is 20.3 Å². The Kier molecular flexibility index (Phi) is 3.88. The third kappa shape index (κ3) is 2.76. The molecule has 1 aromatic rings. The lowest BCUT2D eigenvalue weighted by Crippen LogP contribution is -2.16. The molecule has 110 valence electrons. The van der Waals surface area contributed by atoms with Gasteiger partial charge in [-0.2, -0.15) is 0 Å². The maximum atomic E-state index is 12.5. The van der Waals surface area contributed by atoms with Crippen molar-refractivity contribution in [1.82, 2.24) is 0 Å².